The molecule has 1 N–H and O–H groups in total. The Labute approximate surface area is 175 Å². The molecule has 30 heavy (non-hydrogen) atoms. The van der Waals surface area contributed by atoms with Crippen molar-refractivity contribution in [3.05, 3.63) is 47.6 Å². The van der Waals surface area contributed by atoms with E-state index in [1.165, 1.54) is 5.01 Å². The van der Waals surface area contributed by atoms with E-state index in [1.54, 1.807) is 6.92 Å². The van der Waals surface area contributed by atoms with E-state index < -0.39 is 5.54 Å². The van der Waals surface area contributed by atoms with Gasteiger partial charge in [0.2, 0.25) is 11.8 Å². The van der Waals surface area contributed by atoms with Gasteiger partial charge in [-0.1, -0.05) is 61.2 Å². The van der Waals surface area contributed by atoms with Crippen LogP contribution in [0.1, 0.15) is 68.6 Å². The van der Waals surface area contributed by atoms with Gasteiger partial charge in [-0.05, 0) is 18.4 Å². The van der Waals surface area contributed by atoms with Crippen LogP contribution in [0.5, 0.6) is 0 Å². The summed E-state index contributed by atoms with van der Waals surface area (Å²) >= 11 is 0. The summed E-state index contributed by atoms with van der Waals surface area (Å²) in [5.74, 6) is 0.680. The maximum atomic E-state index is 13.2. The Kier molecular flexibility index (Phi) is 5.92. The van der Waals surface area contributed by atoms with E-state index >= 15 is 0 Å². The lowest BCUT2D eigenvalue weighted by atomic mass is 9.88. The highest BCUT2D eigenvalue weighted by atomic mass is 16.5. The quantitative estimate of drug-likeness (QED) is 0.764. The summed E-state index contributed by atoms with van der Waals surface area (Å²) in [5.41, 5.74) is 0.688. The molecule has 4 rings (SSSR count). The highest BCUT2D eigenvalue weighted by molar-refractivity contribution is 6.39. The number of carbonyl (C=O) groups excluding carboxylic acids is 2. The minimum atomic E-state index is -0.653. The standard InChI is InChI=1S/C22H27N5O3/c1-16-23-21(26-30-16)22(13-7-2-3-8-14-22)24-20(29)18-11-12-19(28)27(25-18)15-17-9-5-4-6-10-17/h4-6,9-10H,2-3,7-8,11-15H2,1H3,(H,24,29). The molecule has 1 aromatic carbocycles. The van der Waals surface area contributed by atoms with Crippen LogP contribution < -0.4 is 5.32 Å². The number of hydrogen-bond acceptors (Lipinski definition) is 6. The van der Waals surface area contributed by atoms with E-state index in [0.717, 1.165) is 44.1 Å². The van der Waals surface area contributed by atoms with Crippen LogP contribution >= 0.6 is 0 Å². The summed E-state index contributed by atoms with van der Waals surface area (Å²) in [7, 11) is 0. The third-order valence-corrected chi connectivity index (χ3v) is 5.81. The maximum absolute atomic E-state index is 13.2. The van der Waals surface area contributed by atoms with Crippen molar-refractivity contribution in [1.82, 2.24) is 20.5 Å². The van der Waals surface area contributed by atoms with Gasteiger partial charge in [0, 0.05) is 19.8 Å². The van der Waals surface area contributed by atoms with Crippen molar-refractivity contribution in [2.24, 2.45) is 5.10 Å². The van der Waals surface area contributed by atoms with Crippen LogP contribution in [-0.2, 0) is 21.7 Å². The average molecular weight is 409 g/mol. The first-order chi connectivity index (χ1) is 14.6. The van der Waals surface area contributed by atoms with Gasteiger partial charge in [-0.15, -0.1) is 0 Å². The van der Waals surface area contributed by atoms with Crippen LogP contribution in [0.2, 0.25) is 0 Å². The summed E-state index contributed by atoms with van der Waals surface area (Å²) < 4.78 is 5.21. The Hall–Kier alpha value is -3.03. The number of hydrogen-bond donors (Lipinski definition) is 1. The SMILES string of the molecule is Cc1nc(C2(NC(=O)C3=NN(Cc4ccccc4)C(=O)CC3)CCCCCC2)no1. The Balaban J connectivity index is 1.55. The first-order valence-corrected chi connectivity index (χ1v) is 10.6. The lowest BCUT2D eigenvalue weighted by Gasteiger charge is -2.32. The van der Waals surface area contributed by atoms with Gasteiger partial charge in [-0.2, -0.15) is 10.1 Å². The van der Waals surface area contributed by atoms with Gasteiger partial charge in [-0.3, -0.25) is 9.59 Å². The minimum absolute atomic E-state index is 0.0756. The smallest absolute Gasteiger partial charge is 0.268 e. The Morgan fingerprint density at radius 3 is 2.53 bits per heavy atom. The lowest BCUT2D eigenvalue weighted by Crippen LogP contribution is -2.50. The van der Waals surface area contributed by atoms with Gasteiger partial charge in [0.05, 0.1) is 6.54 Å². The van der Waals surface area contributed by atoms with E-state index in [0.29, 0.717) is 30.4 Å². The predicted octanol–water partition coefficient (Wildman–Crippen LogP) is 3.22. The van der Waals surface area contributed by atoms with E-state index in [-0.39, 0.29) is 18.2 Å². The normalized spacial score (nSPS) is 19.2. The Bertz CT molecular complexity index is 929. The number of hydrazone groups is 1. The number of aryl methyl sites for hydroxylation is 1. The molecule has 2 aliphatic rings. The molecule has 2 amide bonds. The molecular formula is C22H27N5O3. The topological polar surface area (TPSA) is 101 Å². The molecule has 0 radical (unpaired) electrons. The van der Waals surface area contributed by atoms with Gasteiger partial charge in [-0.25, -0.2) is 5.01 Å². The van der Waals surface area contributed by atoms with Crippen LogP contribution in [0.15, 0.2) is 40.0 Å². The highest BCUT2D eigenvalue weighted by Crippen LogP contribution is 2.34. The van der Waals surface area contributed by atoms with Gasteiger partial charge in [0.25, 0.3) is 5.91 Å². The molecule has 0 bridgehead atoms. The second kappa shape index (κ2) is 8.77. The van der Waals surface area contributed by atoms with Crippen molar-refractivity contribution >= 4 is 17.5 Å². The first kappa shape index (κ1) is 20.3. The van der Waals surface area contributed by atoms with Gasteiger partial charge >= 0.3 is 0 Å². The molecule has 8 heteroatoms. The molecule has 0 atom stereocenters. The number of benzene rings is 1. The molecule has 0 saturated heterocycles. The number of amides is 2. The number of rotatable bonds is 5. The van der Waals surface area contributed by atoms with Crippen LogP contribution in [0.4, 0.5) is 0 Å². The average Bonchev–Trinajstić information content (AvgIpc) is 3.05. The summed E-state index contributed by atoms with van der Waals surface area (Å²) in [6.07, 6.45) is 6.33. The fourth-order valence-electron chi connectivity index (χ4n) is 4.16. The molecular weight excluding hydrogens is 382 g/mol. The van der Waals surface area contributed by atoms with Crippen molar-refractivity contribution in [1.29, 1.82) is 0 Å². The largest absolute Gasteiger partial charge is 0.340 e. The van der Waals surface area contributed by atoms with Gasteiger partial charge < -0.3 is 9.84 Å². The molecule has 2 aromatic rings. The van der Waals surface area contributed by atoms with E-state index in [9.17, 15) is 9.59 Å². The number of carbonyl (C=O) groups is 2. The Morgan fingerprint density at radius 1 is 1.13 bits per heavy atom. The molecule has 1 aromatic heterocycles. The number of nitrogens with one attached hydrogen (secondary N) is 1. The van der Waals surface area contributed by atoms with Gasteiger partial charge in [0.1, 0.15) is 11.3 Å². The second-order valence-electron chi connectivity index (χ2n) is 8.07. The maximum Gasteiger partial charge on any atom is 0.268 e. The number of nitrogens with zero attached hydrogens (tertiary/aromatic N) is 4. The third-order valence-electron chi connectivity index (χ3n) is 5.81. The molecule has 0 spiro atoms. The van der Waals surface area contributed by atoms with Crippen molar-refractivity contribution in [3.63, 3.8) is 0 Å². The molecule has 0 unspecified atom stereocenters. The zero-order valence-electron chi connectivity index (χ0n) is 17.3. The highest BCUT2D eigenvalue weighted by Gasteiger charge is 2.40. The molecule has 2 heterocycles. The molecule has 1 fully saturated rings. The van der Waals surface area contributed by atoms with E-state index in [4.69, 9.17) is 4.52 Å². The van der Waals surface area contributed by atoms with Crippen LogP contribution in [0, 0.1) is 6.92 Å². The monoisotopic (exact) mass is 409 g/mol. The minimum Gasteiger partial charge on any atom is -0.340 e. The lowest BCUT2D eigenvalue weighted by molar-refractivity contribution is -0.132. The summed E-state index contributed by atoms with van der Waals surface area (Å²) in [6.45, 7) is 2.10. The van der Waals surface area contributed by atoms with E-state index in [1.807, 2.05) is 30.3 Å². The van der Waals surface area contributed by atoms with Crippen LogP contribution in [0.25, 0.3) is 0 Å². The van der Waals surface area contributed by atoms with Crippen molar-refractivity contribution < 1.29 is 14.1 Å². The molecule has 8 nitrogen and oxygen atoms in total. The predicted molar refractivity (Wildman–Crippen MR) is 110 cm³/mol. The molecule has 1 saturated carbocycles. The van der Waals surface area contributed by atoms with E-state index in [2.05, 4.69) is 20.6 Å². The zero-order valence-corrected chi connectivity index (χ0v) is 17.3. The molecule has 1 aliphatic heterocycles. The van der Waals surface area contributed by atoms with Crippen molar-refractivity contribution in [2.75, 3.05) is 0 Å². The summed E-state index contributed by atoms with van der Waals surface area (Å²) in [4.78, 5) is 30.0. The van der Waals surface area contributed by atoms with Crippen molar-refractivity contribution in [2.45, 2.75) is 70.4 Å². The van der Waals surface area contributed by atoms with Crippen molar-refractivity contribution in [3.8, 4) is 0 Å². The fraction of sp³-hybridized carbons (Fsp3) is 0.500. The first-order valence-electron chi connectivity index (χ1n) is 10.6. The second-order valence-corrected chi connectivity index (χ2v) is 8.07. The number of aromatic nitrogens is 2. The molecule has 158 valence electrons. The summed E-state index contributed by atoms with van der Waals surface area (Å²) in [5, 5.41) is 13.1. The van der Waals surface area contributed by atoms with Crippen LogP contribution in [0.3, 0.4) is 0 Å². The fourth-order valence-corrected chi connectivity index (χ4v) is 4.16. The molecule has 1 aliphatic carbocycles. The third kappa shape index (κ3) is 4.42. The Morgan fingerprint density at radius 2 is 1.87 bits per heavy atom. The van der Waals surface area contributed by atoms with Gasteiger partial charge in [0.15, 0.2) is 5.82 Å². The van der Waals surface area contributed by atoms with Crippen LogP contribution in [-0.4, -0.2) is 32.7 Å². The zero-order chi connectivity index (χ0) is 21.0. The summed E-state index contributed by atoms with van der Waals surface area (Å²) in [6, 6.07) is 9.65.